The van der Waals surface area contributed by atoms with Gasteiger partial charge in [-0.25, -0.2) is 0 Å². The Morgan fingerprint density at radius 3 is 2.64 bits per heavy atom. The summed E-state index contributed by atoms with van der Waals surface area (Å²) >= 11 is 1.44. The number of hydrogen-bond donors (Lipinski definition) is 2. The third kappa shape index (κ3) is 3.94. The first-order valence-corrected chi connectivity index (χ1v) is 15.6. The number of esters is 2. The van der Waals surface area contributed by atoms with Gasteiger partial charge < -0.3 is 34.5 Å². The lowest BCUT2D eigenvalue weighted by Crippen LogP contribution is -2.69. The van der Waals surface area contributed by atoms with E-state index in [9.17, 15) is 20.0 Å². The van der Waals surface area contributed by atoms with Gasteiger partial charge in [0.05, 0.1) is 30.5 Å². The Morgan fingerprint density at radius 2 is 1.93 bits per heavy atom. The van der Waals surface area contributed by atoms with Gasteiger partial charge in [-0.05, 0) is 38.4 Å². The van der Waals surface area contributed by atoms with Crippen LogP contribution in [-0.4, -0.2) is 84.3 Å². The fourth-order valence-electron chi connectivity index (χ4n) is 7.98. The number of hydrogen-bond acceptors (Lipinski definition) is 13. The first-order chi connectivity index (χ1) is 21.1. The van der Waals surface area contributed by atoms with Crippen LogP contribution >= 0.6 is 11.8 Å². The molecule has 0 aromatic heterocycles. The lowest BCUT2D eigenvalue weighted by molar-refractivity contribution is -0.150. The number of nitrogens with two attached hydrogens (primary N) is 1. The number of phenols is 1. The van der Waals surface area contributed by atoms with E-state index in [4.69, 9.17) is 29.4 Å². The second-order valence-corrected chi connectivity index (χ2v) is 13.2. The molecule has 2 saturated heterocycles. The average Bonchev–Trinajstić information content (AvgIpc) is 3.47. The van der Waals surface area contributed by atoms with E-state index in [1.807, 2.05) is 27.0 Å². The molecule has 3 N–H and O–H groups in total. The second-order valence-electron chi connectivity index (χ2n) is 12.0. The minimum absolute atomic E-state index is 0.0270. The number of phenolic OH excluding ortho intramolecular Hbond substituents is 1. The Hall–Kier alpha value is -3.70. The summed E-state index contributed by atoms with van der Waals surface area (Å²) in [4.78, 5) is 29.8. The fourth-order valence-corrected chi connectivity index (χ4v) is 9.42. The van der Waals surface area contributed by atoms with Gasteiger partial charge in [0.2, 0.25) is 6.79 Å². The molecule has 0 spiro atoms. The Bertz CT molecular complexity index is 1640. The number of likely N-dealkylation sites (N-methyl/N-ethyl adjacent to an activating group) is 1. The second kappa shape index (κ2) is 10.4. The number of thioether (sulfide) groups is 1. The van der Waals surface area contributed by atoms with Crippen molar-refractivity contribution in [3.8, 4) is 34.8 Å². The van der Waals surface area contributed by atoms with Crippen LogP contribution in [0.5, 0.6) is 28.7 Å². The van der Waals surface area contributed by atoms with Gasteiger partial charge in [-0.15, -0.1) is 11.8 Å². The molecule has 5 heterocycles. The van der Waals surface area contributed by atoms with Crippen LogP contribution in [0.3, 0.4) is 0 Å². The molecule has 4 bridgehead atoms. The Morgan fingerprint density at radius 1 is 1.18 bits per heavy atom. The first-order valence-electron chi connectivity index (χ1n) is 14.5. The molecule has 44 heavy (non-hydrogen) atoms. The third-order valence-electron chi connectivity index (χ3n) is 9.69. The maximum atomic E-state index is 13.0. The molecule has 2 aromatic carbocycles. The molecule has 0 saturated carbocycles. The molecule has 232 valence electrons. The van der Waals surface area contributed by atoms with Gasteiger partial charge in [0.1, 0.15) is 24.4 Å². The molecule has 7 rings (SSSR count). The third-order valence-corrected chi connectivity index (χ3v) is 11.1. The standard InChI is InChI=1S/C31H34N4O8S/c1-12-6-15-7-17-18(8-32)35-19-9-40-31(38)16(33)10-44-30(24(35)23(34(17)4)20(15)25(37)26(12)39-5)22-21(19)29-28(41-11-42-29)13(2)27(22)43-14(3)36/h6,16-19,23-24,30,37H,7,9-11,33H2,1-5H3/t16?,17-,18+,19-,23+,24?,30-/m1/s1. The number of methoxy groups -OCH3 is 1. The normalized spacial score (nSPS) is 30.4. The topological polar surface area (TPSA) is 157 Å². The van der Waals surface area contributed by atoms with E-state index in [-0.39, 0.29) is 30.9 Å². The molecule has 2 fully saturated rings. The summed E-state index contributed by atoms with van der Waals surface area (Å²) in [6, 6.07) is 1.36. The molecule has 7 atom stereocenters. The number of piperazine rings is 1. The predicted molar refractivity (Wildman–Crippen MR) is 158 cm³/mol. The SMILES string of the molecule is COc1c(C)cc2c(c1O)[C@H]1C3[C@@H]4SCC(N)C(=O)OC[C@H](c5c6c(c(C)c(OC(C)=O)c54)OCO6)N3[C@@H](C#N)[C@@H](C2)N1C. The molecule has 2 aromatic rings. The number of aromatic hydroxyl groups is 1. The summed E-state index contributed by atoms with van der Waals surface area (Å²) < 4.78 is 29.4. The zero-order chi connectivity index (χ0) is 31.2. The number of nitrogens with zero attached hydrogens (tertiary/aromatic N) is 3. The summed E-state index contributed by atoms with van der Waals surface area (Å²) in [5.74, 6) is 0.953. The van der Waals surface area contributed by atoms with Gasteiger partial charge in [0.15, 0.2) is 23.0 Å². The van der Waals surface area contributed by atoms with Crippen molar-refractivity contribution in [1.29, 1.82) is 5.26 Å². The minimum Gasteiger partial charge on any atom is -0.504 e. The van der Waals surface area contributed by atoms with Crippen LogP contribution in [0.25, 0.3) is 0 Å². The van der Waals surface area contributed by atoms with Crippen molar-refractivity contribution in [2.24, 2.45) is 5.73 Å². The van der Waals surface area contributed by atoms with Crippen LogP contribution in [0.4, 0.5) is 0 Å². The Kier molecular flexibility index (Phi) is 6.89. The molecule has 12 nitrogen and oxygen atoms in total. The van der Waals surface area contributed by atoms with E-state index in [0.717, 1.165) is 22.3 Å². The molecular weight excluding hydrogens is 588 g/mol. The van der Waals surface area contributed by atoms with Crippen LogP contribution in [-0.2, 0) is 20.7 Å². The van der Waals surface area contributed by atoms with Crippen molar-refractivity contribution in [3.05, 3.63) is 39.4 Å². The van der Waals surface area contributed by atoms with Gasteiger partial charge in [0, 0.05) is 47.0 Å². The smallest absolute Gasteiger partial charge is 0.323 e. The number of cyclic esters (lactones) is 1. The van der Waals surface area contributed by atoms with Gasteiger partial charge in [-0.1, -0.05) is 6.07 Å². The lowest BCUT2D eigenvalue weighted by atomic mass is 9.71. The van der Waals surface area contributed by atoms with Crippen LogP contribution in [0.2, 0.25) is 0 Å². The largest absolute Gasteiger partial charge is 0.504 e. The van der Waals surface area contributed by atoms with E-state index < -0.39 is 47.4 Å². The van der Waals surface area contributed by atoms with Crippen LogP contribution < -0.4 is 24.7 Å². The van der Waals surface area contributed by atoms with Crippen LogP contribution in [0.1, 0.15) is 57.6 Å². The van der Waals surface area contributed by atoms with Crippen molar-refractivity contribution in [3.63, 3.8) is 0 Å². The van der Waals surface area contributed by atoms with Crippen molar-refractivity contribution < 1.29 is 38.4 Å². The fraction of sp³-hybridized carbons (Fsp3) is 0.516. The van der Waals surface area contributed by atoms with Gasteiger partial charge in [0.25, 0.3) is 0 Å². The molecule has 5 aliphatic rings. The Balaban J connectivity index is 1.56. The van der Waals surface area contributed by atoms with Crippen molar-refractivity contribution in [2.75, 3.05) is 33.3 Å². The van der Waals surface area contributed by atoms with E-state index in [0.29, 0.717) is 40.5 Å². The molecule has 0 aliphatic carbocycles. The average molecular weight is 623 g/mol. The highest BCUT2D eigenvalue weighted by Gasteiger charge is 2.60. The predicted octanol–water partition coefficient (Wildman–Crippen LogP) is 2.56. The summed E-state index contributed by atoms with van der Waals surface area (Å²) in [7, 11) is 3.51. The van der Waals surface area contributed by atoms with Gasteiger partial charge in [-0.2, -0.15) is 5.26 Å². The number of ether oxygens (including phenoxy) is 5. The van der Waals surface area contributed by atoms with Crippen molar-refractivity contribution in [1.82, 2.24) is 9.80 Å². The number of nitriles is 1. The number of carbonyl (C=O) groups is 2. The molecule has 5 aliphatic heterocycles. The monoisotopic (exact) mass is 622 g/mol. The van der Waals surface area contributed by atoms with Gasteiger partial charge >= 0.3 is 11.9 Å². The van der Waals surface area contributed by atoms with Gasteiger partial charge in [-0.3, -0.25) is 19.4 Å². The maximum Gasteiger partial charge on any atom is 0.323 e. The molecule has 13 heteroatoms. The van der Waals surface area contributed by atoms with Crippen molar-refractivity contribution in [2.45, 2.75) is 68.7 Å². The summed E-state index contributed by atoms with van der Waals surface area (Å²) in [5.41, 5.74) is 10.8. The zero-order valence-electron chi connectivity index (χ0n) is 25.1. The van der Waals surface area contributed by atoms with Crippen LogP contribution in [0.15, 0.2) is 6.07 Å². The quantitative estimate of drug-likeness (QED) is 0.372. The molecule has 2 unspecified atom stereocenters. The van der Waals surface area contributed by atoms with E-state index in [1.54, 1.807) is 0 Å². The molecular formula is C31H34N4O8S. The van der Waals surface area contributed by atoms with E-state index >= 15 is 0 Å². The number of carbonyl (C=O) groups excluding carboxylic acids is 2. The summed E-state index contributed by atoms with van der Waals surface area (Å²) in [6.07, 6.45) is 0.522. The number of rotatable bonds is 2. The van der Waals surface area contributed by atoms with Crippen molar-refractivity contribution >= 4 is 23.7 Å². The van der Waals surface area contributed by atoms with E-state index in [2.05, 4.69) is 15.9 Å². The highest BCUT2D eigenvalue weighted by atomic mass is 32.2. The molecule has 0 radical (unpaired) electrons. The zero-order valence-corrected chi connectivity index (χ0v) is 25.9. The summed E-state index contributed by atoms with van der Waals surface area (Å²) in [6.45, 7) is 4.93. The highest BCUT2D eigenvalue weighted by Crippen LogP contribution is 2.64. The highest BCUT2D eigenvalue weighted by molar-refractivity contribution is 7.99. The molecule has 0 amide bonds. The number of benzene rings is 2. The first kappa shape index (κ1) is 29.0. The van der Waals surface area contributed by atoms with E-state index in [1.165, 1.54) is 25.8 Å². The number of aryl methyl sites for hydroxylation is 1. The minimum atomic E-state index is -0.890. The lowest BCUT2D eigenvalue weighted by Gasteiger charge is -2.61. The Labute approximate surface area is 258 Å². The summed E-state index contributed by atoms with van der Waals surface area (Å²) in [5, 5.41) is 22.1. The van der Waals surface area contributed by atoms with Crippen LogP contribution in [0, 0.1) is 25.2 Å². The maximum absolute atomic E-state index is 13.0. The number of fused-ring (bicyclic) bond motifs is 9.